The molecule has 2 aliphatic rings. The molecule has 2 aliphatic heterocycles. The number of nitrogens with zero attached hydrogens (tertiary/aromatic N) is 2. The molecule has 0 N–H and O–H groups in total. The number of ketones is 1. The summed E-state index contributed by atoms with van der Waals surface area (Å²) >= 11 is 0. The van der Waals surface area contributed by atoms with Gasteiger partial charge in [-0.2, -0.15) is 0 Å². The van der Waals surface area contributed by atoms with E-state index in [0.717, 1.165) is 5.69 Å². The van der Waals surface area contributed by atoms with Crippen molar-refractivity contribution < 1.29 is 14.3 Å². The van der Waals surface area contributed by atoms with Crippen LogP contribution in [0.1, 0.15) is 35.3 Å². The average molecular weight is 366 g/mol. The predicted molar refractivity (Wildman–Crippen MR) is 100 cm³/mol. The van der Waals surface area contributed by atoms with Gasteiger partial charge in [-0.25, -0.2) is 0 Å². The van der Waals surface area contributed by atoms with Gasteiger partial charge in [0.2, 0.25) is 5.91 Å². The molecule has 6 nitrogen and oxygen atoms in total. The Morgan fingerprint density at radius 1 is 1.15 bits per heavy atom. The summed E-state index contributed by atoms with van der Waals surface area (Å²) in [5.74, 6) is 0.657. The van der Waals surface area contributed by atoms with E-state index in [1.165, 1.54) is 6.07 Å². The van der Waals surface area contributed by atoms with E-state index < -0.39 is 5.60 Å². The highest BCUT2D eigenvalue weighted by Gasteiger charge is 2.46. The van der Waals surface area contributed by atoms with Crippen molar-refractivity contribution in [2.45, 2.75) is 38.3 Å². The molecular formula is C21H22N2O4. The first-order valence-electron chi connectivity index (χ1n) is 9.23. The molecule has 1 saturated heterocycles. The molecule has 3 heterocycles. The van der Waals surface area contributed by atoms with Gasteiger partial charge in [0.05, 0.1) is 18.5 Å². The van der Waals surface area contributed by atoms with Crippen LogP contribution in [0.5, 0.6) is 5.75 Å². The molecule has 6 heteroatoms. The van der Waals surface area contributed by atoms with E-state index in [0.29, 0.717) is 43.8 Å². The third kappa shape index (κ3) is 3.27. The smallest absolute Gasteiger partial charge is 0.250 e. The first kappa shape index (κ1) is 17.5. The number of amides is 1. The average Bonchev–Trinajstić information content (AvgIpc) is 3.04. The van der Waals surface area contributed by atoms with Crippen molar-refractivity contribution in [3.63, 3.8) is 0 Å². The zero-order chi connectivity index (χ0) is 19.0. The number of para-hydroxylation sites is 1. The number of pyridine rings is 1. The topological polar surface area (TPSA) is 68.6 Å². The highest BCUT2D eigenvalue weighted by Crippen LogP contribution is 2.38. The van der Waals surface area contributed by atoms with Crippen LogP contribution in [0.3, 0.4) is 0 Å². The van der Waals surface area contributed by atoms with Crippen LogP contribution in [0.2, 0.25) is 0 Å². The minimum Gasteiger partial charge on any atom is -0.484 e. The fourth-order valence-corrected chi connectivity index (χ4v) is 4.00. The van der Waals surface area contributed by atoms with Crippen molar-refractivity contribution in [1.29, 1.82) is 0 Å². The van der Waals surface area contributed by atoms with Gasteiger partial charge in [-0.15, -0.1) is 0 Å². The Morgan fingerprint density at radius 2 is 1.96 bits per heavy atom. The highest BCUT2D eigenvalue weighted by atomic mass is 16.5. The number of ether oxygens (including phenoxy) is 1. The number of aromatic nitrogens is 1. The van der Waals surface area contributed by atoms with Crippen molar-refractivity contribution in [2.75, 3.05) is 13.1 Å². The summed E-state index contributed by atoms with van der Waals surface area (Å²) in [6, 6.07) is 12.3. The van der Waals surface area contributed by atoms with Crippen LogP contribution in [0.4, 0.5) is 0 Å². The van der Waals surface area contributed by atoms with E-state index in [1.807, 2.05) is 31.2 Å². The van der Waals surface area contributed by atoms with Gasteiger partial charge in [0, 0.05) is 37.7 Å². The zero-order valence-corrected chi connectivity index (χ0v) is 15.3. The Balaban J connectivity index is 1.43. The summed E-state index contributed by atoms with van der Waals surface area (Å²) < 4.78 is 7.77. The van der Waals surface area contributed by atoms with Gasteiger partial charge in [0.1, 0.15) is 11.4 Å². The van der Waals surface area contributed by atoms with Crippen molar-refractivity contribution in [1.82, 2.24) is 9.47 Å². The quantitative estimate of drug-likeness (QED) is 0.835. The molecule has 4 rings (SSSR count). The Morgan fingerprint density at radius 3 is 2.78 bits per heavy atom. The molecule has 140 valence electrons. The predicted octanol–water partition coefficient (Wildman–Crippen LogP) is 2.18. The van der Waals surface area contributed by atoms with Gasteiger partial charge in [0.25, 0.3) is 5.56 Å². The van der Waals surface area contributed by atoms with Gasteiger partial charge in [0.15, 0.2) is 5.78 Å². The Hall–Kier alpha value is -2.89. The van der Waals surface area contributed by atoms with E-state index in [4.69, 9.17) is 4.74 Å². The Labute approximate surface area is 157 Å². The number of hydrogen-bond donors (Lipinski definition) is 0. The SMILES string of the molecule is Cc1cccc(=O)n1CCC(=O)N1CC[C@@]2(CC(=O)c3ccccc3O2)C1. The largest absolute Gasteiger partial charge is 0.484 e. The molecule has 0 aliphatic carbocycles. The molecule has 1 atom stereocenters. The van der Waals surface area contributed by atoms with E-state index in [1.54, 1.807) is 21.6 Å². The standard InChI is InChI=1S/C21H22N2O4/c1-15-5-4-8-20(26)23(15)11-9-19(25)22-12-10-21(14-22)13-17(24)16-6-2-3-7-18(16)27-21/h2-8H,9-14H2,1H3/t21-/m1/s1. The van der Waals surface area contributed by atoms with Crippen molar-refractivity contribution >= 4 is 11.7 Å². The summed E-state index contributed by atoms with van der Waals surface area (Å²) in [5, 5.41) is 0. The lowest BCUT2D eigenvalue weighted by molar-refractivity contribution is -0.131. The van der Waals surface area contributed by atoms with Crippen LogP contribution in [-0.4, -0.2) is 39.8 Å². The monoisotopic (exact) mass is 366 g/mol. The molecule has 2 aromatic rings. The normalized spacial score (nSPS) is 21.2. The molecule has 0 bridgehead atoms. The number of hydrogen-bond acceptors (Lipinski definition) is 4. The highest BCUT2D eigenvalue weighted by molar-refractivity contribution is 6.00. The fraction of sp³-hybridized carbons (Fsp3) is 0.381. The maximum absolute atomic E-state index is 12.7. The van der Waals surface area contributed by atoms with Crippen LogP contribution in [0.15, 0.2) is 47.3 Å². The summed E-state index contributed by atoms with van der Waals surface area (Å²) in [6.45, 7) is 3.19. The second-order valence-electron chi connectivity index (χ2n) is 7.35. The number of carbonyl (C=O) groups excluding carboxylic acids is 2. The van der Waals surface area contributed by atoms with Gasteiger partial charge >= 0.3 is 0 Å². The molecule has 0 radical (unpaired) electrons. The second kappa shape index (κ2) is 6.68. The van der Waals surface area contributed by atoms with E-state index >= 15 is 0 Å². The second-order valence-corrected chi connectivity index (χ2v) is 7.35. The lowest BCUT2D eigenvalue weighted by Gasteiger charge is -2.34. The van der Waals surface area contributed by atoms with Crippen LogP contribution < -0.4 is 10.3 Å². The maximum Gasteiger partial charge on any atom is 0.250 e. The van der Waals surface area contributed by atoms with Crippen molar-refractivity contribution in [3.05, 3.63) is 64.1 Å². The lowest BCUT2D eigenvalue weighted by Crippen LogP contribution is -2.45. The van der Waals surface area contributed by atoms with Gasteiger partial charge in [-0.3, -0.25) is 14.4 Å². The van der Waals surface area contributed by atoms with Gasteiger partial charge < -0.3 is 14.2 Å². The third-order valence-corrected chi connectivity index (χ3v) is 5.48. The third-order valence-electron chi connectivity index (χ3n) is 5.48. The first-order chi connectivity index (χ1) is 13.0. The number of aryl methyl sites for hydroxylation is 1. The molecule has 1 aromatic heterocycles. The fourth-order valence-electron chi connectivity index (χ4n) is 4.00. The van der Waals surface area contributed by atoms with Crippen molar-refractivity contribution in [2.24, 2.45) is 0 Å². The molecule has 0 saturated carbocycles. The summed E-state index contributed by atoms with van der Waals surface area (Å²) in [6.07, 6.45) is 1.19. The molecule has 1 aromatic carbocycles. The first-order valence-corrected chi connectivity index (χ1v) is 9.23. The molecule has 27 heavy (non-hydrogen) atoms. The Kier molecular flexibility index (Phi) is 4.34. The Bertz CT molecular complexity index is 965. The van der Waals surface area contributed by atoms with E-state index in [-0.39, 0.29) is 23.7 Å². The molecule has 1 fully saturated rings. The number of likely N-dealkylation sites (tertiary alicyclic amines) is 1. The molecule has 1 amide bonds. The number of rotatable bonds is 3. The van der Waals surface area contributed by atoms with Gasteiger partial charge in [-0.1, -0.05) is 18.2 Å². The minimum absolute atomic E-state index is 0.0167. The van der Waals surface area contributed by atoms with Crippen molar-refractivity contribution in [3.8, 4) is 5.75 Å². The van der Waals surface area contributed by atoms with Crippen LogP contribution in [0.25, 0.3) is 0 Å². The van der Waals surface area contributed by atoms with Crippen LogP contribution in [0, 0.1) is 6.92 Å². The number of Topliss-reactive ketones (excluding diaryl/α,β-unsaturated/α-hetero) is 1. The minimum atomic E-state index is -0.624. The van der Waals surface area contributed by atoms with E-state index in [9.17, 15) is 14.4 Å². The lowest BCUT2D eigenvalue weighted by atomic mass is 9.89. The summed E-state index contributed by atoms with van der Waals surface area (Å²) in [7, 11) is 0. The molecule has 1 spiro atoms. The van der Waals surface area contributed by atoms with Crippen LogP contribution >= 0.6 is 0 Å². The molecular weight excluding hydrogens is 344 g/mol. The molecule has 0 unspecified atom stereocenters. The van der Waals surface area contributed by atoms with E-state index in [2.05, 4.69) is 0 Å². The summed E-state index contributed by atoms with van der Waals surface area (Å²) in [5.41, 5.74) is 0.733. The van der Waals surface area contributed by atoms with Gasteiger partial charge in [-0.05, 0) is 25.1 Å². The van der Waals surface area contributed by atoms with Crippen LogP contribution in [-0.2, 0) is 11.3 Å². The number of benzene rings is 1. The number of fused-ring (bicyclic) bond motifs is 1. The maximum atomic E-state index is 12.7. The number of carbonyl (C=O) groups is 2. The zero-order valence-electron chi connectivity index (χ0n) is 15.3. The summed E-state index contributed by atoms with van der Waals surface area (Å²) in [4.78, 5) is 38.9.